The lowest BCUT2D eigenvalue weighted by molar-refractivity contribution is 0.0696. The van der Waals surface area contributed by atoms with Gasteiger partial charge in [0.15, 0.2) is 0 Å². The minimum atomic E-state index is -0.979. The lowest BCUT2D eigenvalue weighted by Gasteiger charge is -2.06. The van der Waals surface area contributed by atoms with E-state index in [1.165, 1.54) is 12.1 Å². The number of rotatable bonds is 5. The van der Waals surface area contributed by atoms with Crippen LogP contribution >= 0.6 is 0 Å². The molecule has 0 amide bonds. The molecule has 0 saturated carbocycles. The molecule has 88 valence electrons. The van der Waals surface area contributed by atoms with Crippen LogP contribution in [-0.2, 0) is 10.8 Å². The van der Waals surface area contributed by atoms with Crippen molar-refractivity contribution < 1.29 is 14.1 Å². The predicted octanol–water partition coefficient (Wildman–Crippen LogP) is 0.879. The second kappa shape index (κ2) is 5.60. The van der Waals surface area contributed by atoms with E-state index in [2.05, 4.69) is 10.3 Å². The van der Waals surface area contributed by atoms with E-state index in [-0.39, 0.29) is 5.56 Å². The molecule has 2 N–H and O–H groups in total. The molecule has 1 aromatic rings. The molecule has 0 aromatic carbocycles. The van der Waals surface area contributed by atoms with Crippen LogP contribution in [0, 0.1) is 6.92 Å². The van der Waals surface area contributed by atoms with Crippen LogP contribution in [0.5, 0.6) is 0 Å². The van der Waals surface area contributed by atoms with E-state index in [1.54, 1.807) is 13.2 Å². The van der Waals surface area contributed by atoms with E-state index in [1.807, 2.05) is 0 Å². The van der Waals surface area contributed by atoms with Crippen molar-refractivity contribution in [3.05, 3.63) is 23.4 Å². The van der Waals surface area contributed by atoms with Crippen LogP contribution < -0.4 is 5.32 Å². The number of nitrogens with zero attached hydrogens (tertiary/aromatic N) is 1. The molecule has 0 saturated heterocycles. The van der Waals surface area contributed by atoms with Gasteiger partial charge in [-0.05, 0) is 19.1 Å². The standard InChI is InChI=1S/C10H14N2O3S/c1-7-5-8(10(13)14)6-9(12-7)11-3-4-16(2)15/h5-6H,3-4H2,1-2H3,(H,11,12)(H,13,14). The summed E-state index contributed by atoms with van der Waals surface area (Å²) >= 11 is 0. The maximum Gasteiger partial charge on any atom is 0.335 e. The molecule has 1 rings (SSSR count). The Bertz CT molecular complexity index is 421. The minimum Gasteiger partial charge on any atom is -0.478 e. The molecule has 1 unspecified atom stereocenters. The highest BCUT2D eigenvalue weighted by Crippen LogP contribution is 2.09. The van der Waals surface area contributed by atoms with Crippen LogP contribution in [0.3, 0.4) is 0 Å². The highest BCUT2D eigenvalue weighted by molar-refractivity contribution is 7.84. The van der Waals surface area contributed by atoms with Crippen LogP contribution in [0.1, 0.15) is 16.1 Å². The van der Waals surface area contributed by atoms with Crippen LogP contribution in [0.25, 0.3) is 0 Å². The molecule has 0 aliphatic carbocycles. The maximum absolute atomic E-state index is 10.8. The molecule has 1 heterocycles. The van der Waals surface area contributed by atoms with Gasteiger partial charge in [-0.1, -0.05) is 0 Å². The number of carboxylic acids is 1. The van der Waals surface area contributed by atoms with Gasteiger partial charge in [0.2, 0.25) is 0 Å². The molecule has 0 aliphatic heterocycles. The van der Waals surface area contributed by atoms with Crippen molar-refractivity contribution >= 4 is 22.6 Å². The molecule has 0 aliphatic rings. The fourth-order valence-corrected chi connectivity index (χ4v) is 1.59. The SMILES string of the molecule is Cc1cc(C(=O)O)cc(NCCS(C)=O)n1. The van der Waals surface area contributed by atoms with Gasteiger partial charge in [0.25, 0.3) is 0 Å². The van der Waals surface area contributed by atoms with Gasteiger partial charge in [0, 0.05) is 35.0 Å². The molecule has 0 spiro atoms. The summed E-state index contributed by atoms with van der Waals surface area (Å²) < 4.78 is 10.8. The van der Waals surface area contributed by atoms with E-state index in [4.69, 9.17) is 5.11 Å². The van der Waals surface area contributed by atoms with Gasteiger partial charge < -0.3 is 10.4 Å². The Morgan fingerprint density at radius 1 is 1.56 bits per heavy atom. The number of anilines is 1. The summed E-state index contributed by atoms with van der Waals surface area (Å²) in [5, 5.41) is 11.8. The Balaban J connectivity index is 2.72. The number of aromatic nitrogens is 1. The Morgan fingerprint density at radius 3 is 2.81 bits per heavy atom. The van der Waals surface area contributed by atoms with Gasteiger partial charge >= 0.3 is 5.97 Å². The summed E-state index contributed by atoms with van der Waals surface area (Å²) in [7, 11) is -0.865. The predicted molar refractivity (Wildman–Crippen MR) is 63.4 cm³/mol. The summed E-state index contributed by atoms with van der Waals surface area (Å²) in [4.78, 5) is 14.9. The quantitative estimate of drug-likeness (QED) is 0.801. The fraction of sp³-hybridized carbons (Fsp3) is 0.400. The molecular weight excluding hydrogens is 228 g/mol. The number of hydrogen-bond acceptors (Lipinski definition) is 4. The fourth-order valence-electron chi connectivity index (χ4n) is 1.21. The molecule has 6 heteroatoms. The van der Waals surface area contributed by atoms with Crippen LogP contribution in [0.15, 0.2) is 12.1 Å². The smallest absolute Gasteiger partial charge is 0.335 e. The number of carboxylic acid groups (broad SMARTS) is 1. The first-order valence-corrected chi connectivity index (χ1v) is 6.47. The lowest BCUT2D eigenvalue weighted by atomic mass is 10.2. The topological polar surface area (TPSA) is 79.3 Å². The second-order valence-electron chi connectivity index (χ2n) is 3.39. The molecule has 1 atom stereocenters. The summed E-state index contributed by atoms with van der Waals surface area (Å²) in [6.07, 6.45) is 1.62. The number of nitrogens with one attached hydrogen (secondary N) is 1. The Labute approximate surface area is 96.4 Å². The third-order valence-electron chi connectivity index (χ3n) is 1.90. The zero-order valence-corrected chi connectivity index (χ0v) is 10.0. The molecular formula is C10H14N2O3S. The third kappa shape index (κ3) is 3.98. The first-order valence-electron chi connectivity index (χ1n) is 4.75. The van der Waals surface area contributed by atoms with Gasteiger partial charge in [0.1, 0.15) is 5.82 Å². The number of aromatic carboxylic acids is 1. The molecule has 1 aromatic heterocycles. The van der Waals surface area contributed by atoms with Crippen molar-refractivity contribution in [3.63, 3.8) is 0 Å². The highest BCUT2D eigenvalue weighted by atomic mass is 32.2. The van der Waals surface area contributed by atoms with E-state index in [0.29, 0.717) is 23.8 Å². The van der Waals surface area contributed by atoms with E-state index in [9.17, 15) is 9.00 Å². The van der Waals surface area contributed by atoms with Gasteiger partial charge in [0.05, 0.1) is 5.56 Å². The summed E-state index contributed by atoms with van der Waals surface area (Å²) in [5.41, 5.74) is 0.840. The number of aryl methyl sites for hydroxylation is 1. The number of hydrogen-bond donors (Lipinski definition) is 2. The molecule has 5 nitrogen and oxygen atoms in total. The first-order chi connectivity index (χ1) is 7.49. The molecule has 0 bridgehead atoms. The monoisotopic (exact) mass is 242 g/mol. The minimum absolute atomic E-state index is 0.202. The van der Waals surface area contributed by atoms with Crippen LogP contribution in [0.4, 0.5) is 5.82 Å². The maximum atomic E-state index is 10.8. The summed E-state index contributed by atoms with van der Waals surface area (Å²) in [5.74, 6) is 0.0355. The zero-order valence-electron chi connectivity index (χ0n) is 9.19. The molecule has 16 heavy (non-hydrogen) atoms. The average molecular weight is 242 g/mol. The van der Waals surface area contributed by atoms with Crippen molar-refractivity contribution in [2.24, 2.45) is 0 Å². The van der Waals surface area contributed by atoms with Crippen molar-refractivity contribution in [1.29, 1.82) is 0 Å². The van der Waals surface area contributed by atoms with Gasteiger partial charge in [-0.15, -0.1) is 0 Å². The Hall–Kier alpha value is -1.43. The average Bonchev–Trinajstić information content (AvgIpc) is 2.16. The Kier molecular flexibility index (Phi) is 4.42. The van der Waals surface area contributed by atoms with Crippen LogP contribution in [0.2, 0.25) is 0 Å². The number of carbonyl (C=O) groups is 1. The second-order valence-corrected chi connectivity index (χ2v) is 4.95. The summed E-state index contributed by atoms with van der Waals surface area (Å²) in [6.45, 7) is 2.24. The molecule has 0 fully saturated rings. The normalized spacial score (nSPS) is 12.1. The third-order valence-corrected chi connectivity index (χ3v) is 2.68. The van der Waals surface area contributed by atoms with Crippen LogP contribution in [-0.4, -0.2) is 38.8 Å². The summed E-state index contributed by atoms with van der Waals surface area (Å²) in [6, 6.07) is 2.97. The lowest BCUT2D eigenvalue weighted by Crippen LogP contribution is -2.12. The number of pyridine rings is 1. The largest absolute Gasteiger partial charge is 0.478 e. The van der Waals surface area contributed by atoms with Gasteiger partial charge in [-0.2, -0.15) is 0 Å². The van der Waals surface area contributed by atoms with Crippen molar-refractivity contribution in [3.8, 4) is 0 Å². The van der Waals surface area contributed by atoms with E-state index < -0.39 is 16.8 Å². The zero-order chi connectivity index (χ0) is 12.1. The highest BCUT2D eigenvalue weighted by Gasteiger charge is 2.06. The van der Waals surface area contributed by atoms with Crippen molar-refractivity contribution in [2.45, 2.75) is 6.92 Å². The van der Waals surface area contributed by atoms with Gasteiger partial charge in [-0.3, -0.25) is 4.21 Å². The van der Waals surface area contributed by atoms with E-state index >= 15 is 0 Å². The van der Waals surface area contributed by atoms with E-state index in [0.717, 1.165) is 0 Å². The Morgan fingerprint density at radius 2 is 2.25 bits per heavy atom. The van der Waals surface area contributed by atoms with Gasteiger partial charge in [-0.25, -0.2) is 9.78 Å². The van der Waals surface area contributed by atoms with Crippen molar-refractivity contribution in [2.75, 3.05) is 23.9 Å². The van der Waals surface area contributed by atoms with Crippen molar-refractivity contribution in [1.82, 2.24) is 4.98 Å². The molecule has 0 radical (unpaired) electrons. The first kappa shape index (κ1) is 12.6.